The lowest BCUT2D eigenvalue weighted by Gasteiger charge is -2.17. The maximum atomic E-state index is 11.7. The van der Waals surface area contributed by atoms with E-state index < -0.39 is 33.3 Å². The van der Waals surface area contributed by atoms with Crippen LogP contribution in [-0.4, -0.2) is 31.9 Å². The van der Waals surface area contributed by atoms with Crippen molar-refractivity contribution in [3.05, 3.63) is 0 Å². The standard InChI is InChI=1S/C6H13F2NO2S/c1-6(2,9)4-12(10,11)3-5(7)8/h5H,3-4,9H2,1-2H3. The van der Waals surface area contributed by atoms with Gasteiger partial charge in [0.05, 0.1) is 5.75 Å². The molecule has 0 bridgehead atoms. The SMILES string of the molecule is CC(C)(N)CS(=O)(=O)CC(F)F. The quantitative estimate of drug-likeness (QED) is 0.716. The summed E-state index contributed by atoms with van der Waals surface area (Å²) in [5.41, 5.74) is 4.42. The average Bonchev–Trinajstić information content (AvgIpc) is 1.48. The molecule has 74 valence electrons. The third-order valence-electron chi connectivity index (χ3n) is 0.972. The van der Waals surface area contributed by atoms with Gasteiger partial charge in [0.25, 0.3) is 6.43 Å². The zero-order chi connectivity index (χ0) is 9.99. The molecule has 0 aromatic rings. The van der Waals surface area contributed by atoms with Crippen LogP contribution < -0.4 is 5.73 Å². The Morgan fingerprint density at radius 2 is 1.83 bits per heavy atom. The van der Waals surface area contributed by atoms with E-state index in [-0.39, 0.29) is 0 Å². The highest BCUT2D eigenvalue weighted by atomic mass is 32.2. The molecular formula is C6H13F2NO2S. The molecule has 0 atom stereocenters. The van der Waals surface area contributed by atoms with Crippen LogP contribution in [0.25, 0.3) is 0 Å². The largest absolute Gasteiger partial charge is 0.325 e. The van der Waals surface area contributed by atoms with Crippen molar-refractivity contribution in [3.63, 3.8) is 0 Å². The van der Waals surface area contributed by atoms with E-state index >= 15 is 0 Å². The molecule has 0 rings (SSSR count). The average molecular weight is 201 g/mol. The minimum atomic E-state index is -3.71. The van der Waals surface area contributed by atoms with E-state index in [1.165, 1.54) is 13.8 Å². The van der Waals surface area contributed by atoms with Gasteiger partial charge in [0, 0.05) is 5.54 Å². The third-order valence-corrected chi connectivity index (χ3v) is 2.92. The Balaban J connectivity index is 4.26. The van der Waals surface area contributed by atoms with Crippen molar-refractivity contribution in [2.75, 3.05) is 11.5 Å². The fraction of sp³-hybridized carbons (Fsp3) is 1.00. The van der Waals surface area contributed by atoms with Crippen LogP contribution >= 0.6 is 0 Å². The Bertz CT molecular complexity index is 230. The van der Waals surface area contributed by atoms with Gasteiger partial charge in [-0.2, -0.15) is 0 Å². The zero-order valence-electron chi connectivity index (χ0n) is 7.05. The first kappa shape index (κ1) is 11.8. The summed E-state index contributed by atoms with van der Waals surface area (Å²) < 4.78 is 45.2. The van der Waals surface area contributed by atoms with Crippen molar-refractivity contribution in [1.82, 2.24) is 0 Å². The van der Waals surface area contributed by atoms with Crippen molar-refractivity contribution < 1.29 is 17.2 Å². The lowest BCUT2D eigenvalue weighted by molar-refractivity contribution is 0.174. The maximum absolute atomic E-state index is 11.7. The smallest absolute Gasteiger partial charge is 0.252 e. The van der Waals surface area contributed by atoms with Gasteiger partial charge in [-0.15, -0.1) is 0 Å². The van der Waals surface area contributed by atoms with Crippen LogP contribution in [0.4, 0.5) is 8.78 Å². The summed E-state index contributed by atoms with van der Waals surface area (Å²) in [6.45, 7) is 2.96. The van der Waals surface area contributed by atoms with Crippen molar-refractivity contribution in [2.24, 2.45) is 5.73 Å². The number of rotatable bonds is 4. The molecular weight excluding hydrogens is 188 g/mol. The van der Waals surface area contributed by atoms with Crippen molar-refractivity contribution in [3.8, 4) is 0 Å². The number of sulfone groups is 1. The highest BCUT2D eigenvalue weighted by Gasteiger charge is 2.25. The Kier molecular flexibility index (Phi) is 3.59. The van der Waals surface area contributed by atoms with E-state index in [1.807, 2.05) is 0 Å². The van der Waals surface area contributed by atoms with Gasteiger partial charge in [0.1, 0.15) is 5.75 Å². The normalized spacial score (nSPS) is 13.8. The third kappa shape index (κ3) is 6.48. The molecule has 0 aliphatic heterocycles. The van der Waals surface area contributed by atoms with E-state index in [0.717, 1.165) is 0 Å². The van der Waals surface area contributed by atoms with Crippen LogP contribution in [0.3, 0.4) is 0 Å². The van der Waals surface area contributed by atoms with Gasteiger partial charge in [-0.3, -0.25) is 0 Å². The minimum Gasteiger partial charge on any atom is -0.325 e. The van der Waals surface area contributed by atoms with Gasteiger partial charge in [0.2, 0.25) is 0 Å². The van der Waals surface area contributed by atoms with E-state index in [2.05, 4.69) is 0 Å². The molecule has 3 nitrogen and oxygen atoms in total. The molecule has 0 radical (unpaired) electrons. The van der Waals surface area contributed by atoms with Gasteiger partial charge in [-0.1, -0.05) is 0 Å². The number of hydrogen-bond acceptors (Lipinski definition) is 3. The maximum Gasteiger partial charge on any atom is 0.252 e. The molecule has 0 heterocycles. The number of halogens is 2. The Labute approximate surface area is 70.9 Å². The highest BCUT2D eigenvalue weighted by molar-refractivity contribution is 7.91. The van der Waals surface area contributed by atoms with Gasteiger partial charge in [-0.05, 0) is 13.8 Å². The fourth-order valence-electron chi connectivity index (χ4n) is 0.818. The fourth-order valence-corrected chi connectivity index (χ4v) is 2.45. The molecule has 0 fully saturated rings. The molecule has 0 aromatic heterocycles. The first-order valence-electron chi connectivity index (χ1n) is 3.40. The second-order valence-electron chi connectivity index (χ2n) is 3.43. The molecule has 0 amide bonds. The molecule has 6 heteroatoms. The predicted molar refractivity (Wildman–Crippen MR) is 42.9 cm³/mol. The molecule has 0 aromatic carbocycles. The van der Waals surface area contributed by atoms with Gasteiger partial charge in [0.15, 0.2) is 9.84 Å². The van der Waals surface area contributed by atoms with Crippen molar-refractivity contribution in [2.45, 2.75) is 25.8 Å². The van der Waals surface area contributed by atoms with Crippen molar-refractivity contribution >= 4 is 9.84 Å². The Hall–Kier alpha value is -0.230. The van der Waals surface area contributed by atoms with E-state index in [1.54, 1.807) is 0 Å². The van der Waals surface area contributed by atoms with Crippen LogP contribution in [0.5, 0.6) is 0 Å². The molecule has 0 saturated heterocycles. The molecule has 2 N–H and O–H groups in total. The first-order valence-corrected chi connectivity index (χ1v) is 5.22. The lowest BCUT2D eigenvalue weighted by atomic mass is 10.1. The molecule has 0 saturated carbocycles. The monoisotopic (exact) mass is 201 g/mol. The molecule has 0 unspecified atom stereocenters. The van der Waals surface area contributed by atoms with Gasteiger partial charge < -0.3 is 5.73 Å². The molecule has 0 aliphatic carbocycles. The van der Waals surface area contributed by atoms with Crippen LogP contribution in [0, 0.1) is 0 Å². The van der Waals surface area contributed by atoms with Crippen LogP contribution in [0.15, 0.2) is 0 Å². The number of nitrogens with two attached hydrogens (primary N) is 1. The Morgan fingerprint density at radius 3 is 2.08 bits per heavy atom. The second-order valence-corrected chi connectivity index (χ2v) is 5.54. The van der Waals surface area contributed by atoms with Gasteiger partial charge >= 0.3 is 0 Å². The van der Waals surface area contributed by atoms with Crippen LogP contribution in [-0.2, 0) is 9.84 Å². The zero-order valence-corrected chi connectivity index (χ0v) is 7.87. The second kappa shape index (κ2) is 3.66. The summed E-state index contributed by atoms with van der Waals surface area (Å²) in [5, 5.41) is 0. The highest BCUT2D eigenvalue weighted by Crippen LogP contribution is 2.07. The molecule has 0 aliphatic rings. The van der Waals surface area contributed by atoms with E-state index in [4.69, 9.17) is 5.73 Å². The molecule has 0 spiro atoms. The summed E-state index contributed by atoms with van der Waals surface area (Å²) >= 11 is 0. The summed E-state index contributed by atoms with van der Waals surface area (Å²) in [6, 6.07) is 0. The van der Waals surface area contributed by atoms with Crippen molar-refractivity contribution in [1.29, 1.82) is 0 Å². The first-order chi connectivity index (χ1) is 5.12. The topological polar surface area (TPSA) is 60.2 Å². The van der Waals surface area contributed by atoms with Crippen LogP contribution in [0.2, 0.25) is 0 Å². The van der Waals surface area contributed by atoms with Gasteiger partial charge in [-0.25, -0.2) is 17.2 Å². The Morgan fingerprint density at radius 1 is 1.42 bits per heavy atom. The minimum absolute atomic E-state index is 0.412. The number of alkyl halides is 2. The summed E-state index contributed by atoms with van der Waals surface area (Å²) in [7, 11) is -3.71. The number of hydrogen-bond donors (Lipinski definition) is 1. The predicted octanol–water partition coefficient (Wildman–Crippen LogP) is 0.404. The van der Waals surface area contributed by atoms with Crippen LogP contribution in [0.1, 0.15) is 13.8 Å². The lowest BCUT2D eigenvalue weighted by Crippen LogP contribution is -2.41. The summed E-state index contributed by atoms with van der Waals surface area (Å²) in [5.74, 6) is -1.52. The summed E-state index contributed by atoms with van der Waals surface area (Å²) in [6.07, 6.45) is -2.82. The van der Waals surface area contributed by atoms with E-state index in [0.29, 0.717) is 0 Å². The van der Waals surface area contributed by atoms with E-state index in [9.17, 15) is 17.2 Å². The molecule has 12 heavy (non-hydrogen) atoms. The summed E-state index contributed by atoms with van der Waals surface area (Å²) in [4.78, 5) is 0.